The molecule has 0 radical (unpaired) electrons. The molecule has 2 nitrogen and oxygen atoms in total. The average Bonchev–Trinajstić information content (AvgIpc) is 2.27. The molecule has 0 aromatic heterocycles. The predicted octanol–water partition coefficient (Wildman–Crippen LogP) is 3.11. The Kier molecular flexibility index (Phi) is 4.05. The molecule has 0 heterocycles. The molecule has 1 fully saturated rings. The summed E-state index contributed by atoms with van der Waals surface area (Å²) in [7, 11) is 3.39. The first-order valence-corrected chi connectivity index (χ1v) is 5.14. The van der Waals surface area contributed by atoms with Gasteiger partial charge in [0.1, 0.15) is 0 Å². The zero-order valence-electron chi connectivity index (χ0n) is 9.21. The van der Waals surface area contributed by atoms with Gasteiger partial charge in [0.25, 0.3) is 0 Å². The molecule has 0 N–H and O–H groups in total. The van der Waals surface area contributed by atoms with E-state index < -0.39 is 0 Å². The van der Waals surface area contributed by atoms with E-state index in [2.05, 4.69) is 13.2 Å². The smallest absolute Gasteiger partial charge is 0.0914 e. The molecule has 14 heavy (non-hydrogen) atoms. The normalized spacial score (nSPS) is 26.7. The highest BCUT2D eigenvalue weighted by atomic mass is 16.5. The first kappa shape index (κ1) is 11.2. The van der Waals surface area contributed by atoms with Crippen LogP contribution in [0.4, 0.5) is 0 Å². The first-order valence-electron chi connectivity index (χ1n) is 5.14. The third-order valence-electron chi connectivity index (χ3n) is 3.16. The van der Waals surface area contributed by atoms with E-state index in [1.54, 1.807) is 14.2 Å². The maximum Gasteiger partial charge on any atom is 0.0914 e. The average molecular weight is 196 g/mol. The minimum Gasteiger partial charge on any atom is -0.501 e. The number of hydrogen-bond donors (Lipinski definition) is 0. The molecule has 0 spiro atoms. The summed E-state index contributed by atoms with van der Waals surface area (Å²) < 4.78 is 10.3. The highest BCUT2D eigenvalue weighted by Gasteiger charge is 2.25. The lowest BCUT2D eigenvalue weighted by Crippen LogP contribution is -2.18. The van der Waals surface area contributed by atoms with Crippen molar-refractivity contribution in [3.63, 3.8) is 0 Å². The Labute approximate surface area is 86.6 Å². The van der Waals surface area contributed by atoms with E-state index in [4.69, 9.17) is 9.47 Å². The van der Waals surface area contributed by atoms with Gasteiger partial charge in [-0.3, -0.25) is 0 Å². The number of ether oxygens (including phenoxy) is 2. The second kappa shape index (κ2) is 5.08. The minimum atomic E-state index is 0.529. The summed E-state index contributed by atoms with van der Waals surface area (Å²) in [5.74, 6) is 2.90. The standard InChI is InChI=1S/C12H20O2/c1-9(13-3)11-5-7-12(8-6-11)10(2)14-4/h11-12H,1-2,5-8H2,3-4H3. The van der Waals surface area contributed by atoms with Gasteiger partial charge in [-0.25, -0.2) is 0 Å². The van der Waals surface area contributed by atoms with Crippen molar-refractivity contribution in [3.05, 3.63) is 24.7 Å². The van der Waals surface area contributed by atoms with E-state index >= 15 is 0 Å². The van der Waals surface area contributed by atoms with Crippen molar-refractivity contribution in [2.45, 2.75) is 25.7 Å². The summed E-state index contributed by atoms with van der Waals surface area (Å²) in [6.45, 7) is 7.82. The summed E-state index contributed by atoms with van der Waals surface area (Å²) >= 11 is 0. The molecule has 0 aromatic rings. The largest absolute Gasteiger partial charge is 0.501 e. The van der Waals surface area contributed by atoms with Crippen molar-refractivity contribution in [2.75, 3.05) is 14.2 Å². The predicted molar refractivity (Wildman–Crippen MR) is 57.7 cm³/mol. The fourth-order valence-electron chi connectivity index (χ4n) is 2.07. The highest BCUT2D eigenvalue weighted by Crippen LogP contribution is 2.35. The Morgan fingerprint density at radius 3 is 1.36 bits per heavy atom. The van der Waals surface area contributed by atoms with Crippen LogP contribution in [0, 0.1) is 11.8 Å². The summed E-state index contributed by atoms with van der Waals surface area (Å²) in [5.41, 5.74) is 0. The molecule has 1 aliphatic carbocycles. The molecule has 1 aliphatic rings. The summed E-state index contributed by atoms with van der Waals surface area (Å²) in [6, 6.07) is 0. The number of allylic oxidation sites excluding steroid dienone is 2. The highest BCUT2D eigenvalue weighted by molar-refractivity contribution is 4.99. The van der Waals surface area contributed by atoms with E-state index in [1.807, 2.05) is 0 Å². The Balaban J connectivity index is 2.38. The topological polar surface area (TPSA) is 18.5 Å². The molecule has 0 aromatic carbocycles. The van der Waals surface area contributed by atoms with Crippen LogP contribution in [0.1, 0.15) is 25.7 Å². The van der Waals surface area contributed by atoms with Gasteiger partial charge >= 0.3 is 0 Å². The molecular weight excluding hydrogens is 176 g/mol. The van der Waals surface area contributed by atoms with Gasteiger partial charge in [0.15, 0.2) is 0 Å². The molecule has 0 saturated heterocycles. The molecule has 2 heteroatoms. The Morgan fingerprint density at radius 2 is 1.14 bits per heavy atom. The Hall–Kier alpha value is -0.920. The second-order valence-corrected chi connectivity index (χ2v) is 3.89. The maximum absolute atomic E-state index is 5.16. The zero-order valence-corrected chi connectivity index (χ0v) is 9.21. The third kappa shape index (κ3) is 2.53. The van der Waals surface area contributed by atoms with Crippen molar-refractivity contribution < 1.29 is 9.47 Å². The van der Waals surface area contributed by atoms with E-state index in [0.29, 0.717) is 11.8 Å². The second-order valence-electron chi connectivity index (χ2n) is 3.89. The van der Waals surface area contributed by atoms with Gasteiger partial charge < -0.3 is 9.47 Å². The maximum atomic E-state index is 5.16. The van der Waals surface area contributed by atoms with Crippen LogP contribution in [0.25, 0.3) is 0 Å². The van der Waals surface area contributed by atoms with Gasteiger partial charge in [-0.1, -0.05) is 13.2 Å². The SMILES string of the molecule is C=C(OC)C1CCC(C(=C)OC)CC1. The fourth-order valence-corrected chi connectivity index (χ4v) is 2.07. The molecule has 0 atom stereocenters. The van der Waals surface area contributed by atoms with Gasteiger partial charge in [0, 0.05) is 11.8 Å². The van der Waals surface area contributed by atoms with Gasteiger partial charge in [-0.2, -0.15) is 0 Å². The van der Waals surface area contributed by atoms with Crippen molar-refractivity contribution >= 4 is 0 Å². The van der Waals surface area contributed by atoms with Gasteiger partial charge in [0.05, 0.1) is 25.7 Å². The lowest BCUT2D eigenvalue weighted by molar-refractivity contribution is 0.169. The molecule has 0 amide bonds. The first-order chi connectivity index (χ1) is 6.69. The van der Waals surface area contributed by atoms with E-state index in [9.17, 15) is 0 Å². The van der Waals surface area contributed by atoms with Crippen LogP contribution in [-0.2, 0) is 9.47 Å². The molecular formula is C12H20O2. The van der Waals surface area contributed by atoms with E-state index in [-0.39, 0.29) is 0 Å². The minimum absolute atomic E-state index is 0.529. The molecule has 1 rings (SSSR count). The summed E-state index contributed by atoms with van der Waals surface area (Å²) in [4.78, 5) is 0. The van der Waals surface area contributed by atoms with Crippen LogP contribution in [0.5, 0.6) is 0 Å². The van der Waals surface area contributed by atoms with Crippen molar-refractivity contribution in [2.24, 2.45) is 11.8 Å². The Bertz CT molecular complexity index is 188. The fraction of sp³-hybridized carbons (Fsp3) is 0.667. The molecule has 0 unspecified atom stereocenters. The quantitative estimate of drug-likeness (QED) is 0.643. The molecule has 0 bridgehead atoms. The van der Waals surface area contributed by atoms with Crippen LogP contribution < -0.4 is 0 Å². The lowest BCUT2D eigenvalue weighted by Gasteiger charge is -2.29. The summed E-state index contributed by atoms with van der Waals surface area (Å²) in [5, 5.41) is 0. The molecule has 0 aliphatic heterocycles. The summed E-state index contributed by atoms with van der Waals surface area (Å²) in [6.07, 6.45) is 4.55. The van der Waals surface area contributed by atoms with Crippen LogP contribution in [-0.4, -0.2) is 14.2 Å². The van der Waals surface area contributed by atoms with E-state index in [0.717, 1.165) is 37.2 Å². The van der Waals surface area contributed by atoms with Gasteiger partial charge in [-0.15, -0.1) is 0 Å². The number of rotatable bonds is 4. The Morgan fingerprint density at radius 1 is 0.857 bits per heavy atom. The van der Waals surface area contributed by atoms with Crippen molar-refractivity contribution in [3.8, 4) is 0 Å². The van der Waals surface area contributed by atoms with Gasteiger partial charge in [-0.05, 0) is 25.7 Å². The zero-order chi connectivity index (χ0) is 10.6. The third-order valence-corrected chi connectivity index (χ3v) is 3.16. The number of hydrogen-bond acceptors (Lipinski definition) is 2. The van der Waals surface area contributed by atoms with Crippen LogP contribution in [0.2, 0.25) is 0 Å². The van der Waals surface area contributed by atoms with Crippen LogP contribution in [0.3, 0.4) is 0 Å². The van der Waals surface area contributed by atoms with E-state index in [1.165, 1.54) is 0 Å². The van der Waals surface area contributed by atoms with Crippen LogP contribution >= 0.6 is 0 Å². The monoisotopic (exact) mass is 196 g/mol. The molecule has 80 valence electrons. The van der Waals surface area contributed by atoms with Crippen molar-refractivity contribution in [1.82, 2.24) is 0 Å². The lowest BCUT2D eigenvalue weighted by atomic mass is 9.80. The molecule has 1 saturated carbocycles. The van der Waals surface area contributed by atoms with Gasteiger partial charge in [0.2, 0.25) is 0 Å². The van der Waals surface area contributed by atoms with Crippen LogP contribution in [0.15, 0.2) is 24.7 Å². The number of methoxy groups -OCH3 is 2. The van der Waals surface area contributed by atoms with Crippen molar-refractivity contribution in [1.29, 1.82) is 0 Å².